The monoisotopic (exact) mass is 221 g/mol. The second kappa shape index (κ2) is 6.02. The number of nitrogens with one attached hydrogen (secondary N) is 1. The molecular weight excluding hydrogens is 198 g/mol. The van der Waals surface area contributed by atoms with E-state index in [1.165, 1.54) is 11.1 Å². The highest BCUT2D eigenvalue weighted by Gasteiger charge is 2.19. The van der Waals surface area contributed by atoms with Gasteiger partial charge in [-0.25, -0.2) is 0 Å². The van der Waals surface area contributed by atoms with E-state index in [1.54, 1.807) is 0 Å². The van der Waals surface area contributed by atoms with Crippen molar-refractivity contribution >= 4 is 0 Å². The van der Waals surface area contributed by atoms with Crippen LogP contribution in [0.2, 0.25) is 0 Å². The minimum absolute atomic E-state index is 0.0402. The molecule has 0 aromatic heterocycles. The largest absolute Gasteiger partial charge is 0.396 e. The summed E-state index contributed by atoms with van der Waals surface area (Å²) in [4.78, 5) is 0. The Bertz CT molecular complexity index is 324. The molecule has 0 saturated heterocycles. The lowest BCUT2D eigenvalue weighted by Crippen LogP contribution is -2.42. The Hall–Kier alpha value is -0.860. The van der Waals surface area contributed by atoms with Crippen LogP contribution in [0.4, 0.5) is 0 Å². The molecule has 2 heteroatoms. The van der Waals surface area contributed by atoms with Gasteiger partial charge in [0, 0.05) is 18.7 Å². The van der Waals surface area contributed by atoms with E-state index in [2.05, 4.69) is 50.4 Å². The van der Waals surface area contributed by atoms with Crippen molar-refractivity contribution in [2.45, 2.75) is 45.7 Å². The predicted octanol–water partition coefficient (Wildman–Crippen LogP) is 2.64. The molecular formula is C14H23NO. The highest BCUT2D eigenvalue weighted by Crippen LogP contribution is 2.15. The first-order chi connectivity index (χ1) is 7.59. The van der Waals surface area contributed by atoms with E-state index < -0.39 is 0 Å². The van der Waals surface area contributed by atoms with Gasteiger partial charge in [0.1, 0.15) is 0 Å². The van der Waals surface area contributed by atoms with Crippen LogP contribution in [0.5, 0.6) is 0 Å². The van der Waals surface area contributed by atoms with Crippen LogP contribution >= 0.6 is 0 Å². The smallest absolute Gasteiger partial charge is 0.0448 e. The quantitative estimate of drug-likeness (QED) is 0.774. The first-order valence-corrected chi connectivity index (χ1v) is 6.01. The zero-order chi connectivity index (χ0) is 12.0. The van der Waals surface area contributed by atoms with Gasteiger partial charge in [-0.1, -0.05) is 36.8 Å². The minimum Gasteiger partial charge on any atom is -0.396 e. The molecule has 0 amide bonds. The molecule has 2 N–H and O–H groups in total. The molecule has 1 rings (SSSR count). The first-order valence-electron chi connectivity index (χ1n) is 6.01. The van der Waals surface area contributed by atoms with E-state index in [0.29, 0.717) is 0 Å². The molecule has 0 aliphatic carbocycles. The van der Waals surface area contributed by atoms with Crippen LogP contribution in [0, 0.1) is 6.92 Å². The summed E-state index contributed by atoms with van der Waals surface area (Å²) < 4.78 is 0. The Labute approximate surface area is 98.7 Å². The van der Waals surface area contributed by atoms with Crippen LogP contribution in [-0.2, 0) is 6.54 Å². The van der Waals surface area contributed by atoms with Crippen molar-refractivity contribution in [2.24, 2.45) is 0 Å². The van der Waals surface area contributed by atoms with Gasteiger partial charge in [0.25, 0.3) is 0 Å². The van der Waals surface area contributed by atoms with E-state index in [0.717, 1.165) is 19.4 Å². The number of aliphatic hydroxyl groups is 1. The fourth-order valence-electron chi connectivity index (χ4n) is 1.77. The number of aliphatic hydroxyl groups excluding tert-OH is 1. The van der Waals surface area contributed by atoms with Gasteiger partial charge in [-0.05, 0) is 32.3 Å². The number of rotatable bonds is 6. The summed E-state index contributed by atoms with van der Waals surface area (Å²) in [5.41, 5.74) is 2.63. The van der Waals surface area contributed by atoms with E-state index in [1.807, 2.05) is 0 Å². The Morgan fingerprint density at radius 3 is 2.69 bits per heavy atom. The van der Waals surface area contributed by atoms with Gasteiger partial charge in [0.05, 0.1) is 0 Å². The number of aryl methyl sites for hydroxylation is 1. The van der Waals surface area contributed by atoms with Crippen molar-refractivity contribution in [3.05, 3.63) is 35.4 Å². The zero-order valence-corrected chi connectivity index (χ0v) is 10.6. The van der Waals surface area contributed by atoms with Gasteiger partial charge in [0.15, 0.2) is 0 Å². The molecule has 16 heavy (non-hydrogen) atoms. The van der Waals surface area contributed by atoms with E-state index in [-0.39, 0.29) is 12.1 Å². The third-order valence-corrected chi connectivity index (χ3v) is 3.25. The molecule has 1 atom stereocenters. The first kappa shape index (κ1) is 13.2. The molecule has 0 fully saturated rings. The maximum absolute atomic E-state index is 9.03. The van der Waals surface area contributed by atoms with Crippen molar-refractivity contribution in [1.82, 2.24) is 5.32 Å². The number of hydrogen-bond acceptors (Lipinski definition) is 2. The van der Waals surface area contributed by atoms with Crippen LogP contribution in [-0.4, -0.2) is 17.3 Å². The molecule has 0 bridgehead atoms. The third kappa shape index (κ3) is 3.95. The SMILES string of the molecule is CCC(C)(CCO)NCc1cccc(C)c1. The standard InChI is InChI=1S/C14H23NO/c1-4-14(3,8-9-16)15-11-13-7-5-6-12(2)10-13/h5-7,10,15-16H,4,8-9,11H2,1-3H3. The van der Waals surface area contributed by atoms with Crippen LogP contribution in [0.1, 0.15) is 37.8 Å². The van der Waals surface area contributed by atoms with Gasteiger partial charge in [-0.2, -0.15) is 0 Å². The van der Waals surface area contributed by atoms with Gasteiger partial charge in [0.2, 0.25) is 0 Å². The van der Waals surface area contributed by atoms with Gasteiger partial charge >= 0.3 is 0 Å². The highest BCUT2D eigenvalue weighted by atomic mass is 16.3. The lowest BCUT2D eigenvalue weighted by Gasteiger charge is -2.29. The predicted molar refractivity (Wildman–Crippen MR) is 68.4 cm³/mol. The Balaban J connectivity index is 2.55. The lowest BCUT2D eigenvalue weighted by molar-refractivity contribution is 0.214. The van der Waals surface area contributed by atoms with Crippen molar-refractivity contribution in [1.29, 1.82) is 0 Å². The fraction of sp³-hybridized carbons (Fsp3) is 0.571. The lowest BCUT2D eigenvalue weighted by atomic mass is 9.94. The molecule has 0 radical (unpaired) electrons. The van der Waals surface area contributed by atoms with Crippen molar-refractivity contribution in [3.63, 3.8) is 0 Å². The molecule has 0 saturated carbocycles. The Morgan fingerprint density at radius 1 is 1.38 bits per heavy atom. The van der Waals surface area contributed by atoms with Crippen LogP contribution in [0.25, 0.3) is 0 Å². The van der Waals surface area contributed by atoms with E-state index >= 15 is 0 Å². The molecule has 1 unspecified atom stereocenters. The molecule has 0 heterocycles. The van der Waals surface area contributed by atoms with Crippen molar-refractivity contribution < 1.29 is 5.11 Å². The second-order valence-electron chi connectivity index (χ2n) is 4.73. The summed E-state index contributed by atoms with van der Waals surface area (Å²) in [5.74, 6) is 0. The topological polar surface area (TPSA) is 32.3 Å². The molecule has 0 aliphatic heterocycles. The summed E-state index contributed by atoms with van der Waals surface area (Å²) in [7, 11) is 0. The summed E-state index contributed by atoms with van der Waals surface area (Å²) in [6.45, 7) is 7.53. The average molecular weight is 221 g/mol. The molecule has 2 nitrogen and oxygen atoms in total. The van der Waals surface area contributed by atoms with E-state index in [4.69, 9.17) is 5.11 Å². The molecule has 0 aliphatic rings. The molecule has 90 valence electrons. The summed E-state index contributed by atoms with van der Waals surface area (Å²) in [5, 5.41) is 12.6. The molecule has 1 aromatic carbocycles. The highest BCUT2D eigenvalue weighted by molar-refractivity contribution is 5.22. The molecule has 0 spiro atoms. The van der Waals surface area contributed by atoms with E-state index in [9.17, 15) is 0 Å². The van der Waals surface area contributed by atoms with Crippen molar-refractivity contribution in [2.75, 3.05) is 6.61 Å². The summed E-state index contributed by atoms with van der Waals surface area (Å²) in [6, 6.07) is 8.52. The Morgan fingerprint density at radius 2 is 2.12 bits per heavy atom. The van der Waals surface area contributed by atoms with Gasteiger partial charge < -0.3 is 10.4 Å². The normalized spacial score (nSPS) is 14.8. The second-order valence-corrected chi connectivity index (χ2v) is 4.73. The van der Waals surface area contributed by atoms with Crippen LogP contribution in [0.3, 0.4) is 0 Å². The number of hydrogen-bond donors (Lipinski definition) is 2. The zero-order valence-electron chi connectivity index (χ0n) is 10.6. The van der Waals surface area contributed by atoms with Gasteiger partial charge in [-0.15, -0.1) is 0 Å². The third-order valence-electron chi connectivity index (χ3n) is 3.25. The molecule has 1 aromatic rings. The number of benzene rings is 1. The minimum atomic E-state index is 0.0402. The van der Waals surface area contributed by atoms with Crippen LogP contribution < -0.4 is 5.32 Å². The maximum Gasteiger partial charge on any atom is 0.0448 e. The van der Waals surface area contributed by atoms with Crippen molar-refractivity contribution in [3.8, 4) is 0 Å². The summed E-state index contributed by atoms with van der Waals surface area (Å²) >= 11 is 0. The van der Waals surface area contributed by atoms with Gasteiger partial charge in [-0.3, -0.25) is 0 Å². The van der Waals surface area contributed by atoms with Crippen LogP contribution in [0.15, 0.2) is 24.3 Å². The average Bonchev–Trinajstić information content (AvgIpc) is 2.27. The fourth-order valence-corrected chi connectivity index (χ4v) is 1.77. The Kier molecular flexibility index (Phi) is 4.97. The summed E-state index contributed by atoms with van der Waals surface area (Å²) in [6.07, 6.45) is 1.83. The maximum atomic E-state index is 9.03.